The zero-order valence-electron chi connectivity index (χ0n) is 17.9. The molecule has 0 amide bonds. The number of hydrogen-bond donors (Lipinski definition) is 6. The summed E-state index contributed by atoms with van der Waals surface area (Å²) in [6.07, 6.45) is -3.34. The normalized spacial score (nSPS) is 24.6. The van der Waals surface area contributed by atoms with Crippen molar-refractivity contribution >= 4 is 40.6 Å². The van der Waals surface area contributed by atoms with Gasteiger partial charge in [0.1, 0.15) is 12.3 Å². The summed E-state index contributed by atoms with van der Waals surface area (Å²) in [5, 5.41) is 13.6. The van der Waals surface area contributed by atoms with Crippen molar-refractivity contribution in [2.75, 3.05) is 12.3 Å². The molecule has 3 rings (SSSR count). The van der Waals surface area contributed by atoms with Gasteiger partial charge < -0.3 is 39.9 Å². The second-order valence-electron chi connectivity index (χ2n) is 6.95. The number of aromatic nitrogens is 4. The first-order valence-electron chi connectivity index (χ1n) is 9.42. The van der Waals surface area contributed by atoms with Crippen LogP contribution in [0.15, 0.2) is 11.4 Å². The molecule has 1 saturated heterocycles. The van der Waals surface area contributed by atoms with Crippen LogP contribution in [0.2, 0.25) is 0 Å². The highest BCUT2D eigenvalue weighted by Crippen LogP contribution is 2.66. The molecule has 7 N–H and O–H groups in total. The number of phosphoric ester groups is 1. The number of hydrogen-bond acceptors (Lipinski definition) is 14. The van der Waals surface area contributed by atoms with Crippen LogP contribution in [-0.2, 0) is 31.6 Å². The number of nitrogens with two attached hydrogens (primary N) is 1. The number of rotatable bonds is 11. The fourth-order valence-electron chi connectivity index (χ4n) is 2.96. The summed E-state index contributed by atoms with van der Waals surface area (Å²) >= 11 is 0. The van der Waals surface area contributed by atoms with Gasteiger partial charge in [-0.1, -0.05) is 5.11 Å². The summed E-state index contributed by atoms with van der Waals surface area (Å²) in [5.41, 5.74) is 14.4. The van der Waals surface area contributed by atoms with Gasteiger partial charge in [-0.05, 0) is 12.5 Å². The van der Waals surface area contributed by atoms with Crippen LogP contribution >= 0.6 is 23.5 Å². The molecule has 21 nitrogen and oxygen atoms in total. The number of anilines is 1. The lowest BCUT2D eigenvalue weighted by molar-refractivity contribution is -0.0423. The van der Waals surface area contributed by atoms with Crippen LogP contribution in [0.3, 0.4) is 0 Å². The molecule has 6 atom stereocenters. The van der Waals surface area contributed by atoms with Crippen molar-refractivity contribution in [1.29, 1.82) is 0 Å². The number of imidazole rings is 1. The Morgan fingerprint density at radius 3 is 2.61 bits per heavy atom. The highest BCUT2D eigenvalue weighted by molar-refractivity contribution is 7.66. The maximum absolute atomic E-state index is 11.9. The van der Waals surface area contributed by atoms with E-state index in [1.54, 1.807) is 0 Å². The number of phosphoric acid groups is 3. The summed E-state index contributed by atoms with van der Waals surface area (Å²) in [4.78, 5) is 50.5. The molecule has 36 heavy (non-hydrogen) atoms. The minimum absolute atomic E-state index is 0.0982. The van der Waals surface area contributed by atoms with Gasteiger partial charge in [-0.15, -0.1) is 0 Å². The summed E-state index contributed by atoms with van der Waals surface area (Å²) in [6, 6.07) is 0. The van der Waals surface area contributed by atoms with Crippen molar-refractivity contribution in [2.45, 2.75) is 38.0 Å². The molecule has 2 aromatic rings. The lowest BCUT2D eigenvalue weighted by Crippen LogP contribution is -2.26. The van der Waals surface area contributed by atoms with E-state index < -0.39 is 54.7 Å². The average molecular weight is 576 g/mol. The molecule has 1 fully saturated rings. The van der Waals surface area contributed by atoms with Crippen LogP contribution in [0.4, 0.5) is 5.95 Å². The molecule has 0 bridgehead atoms. The number of nitrogen functional groups attached to an aromatic ring is 1. The van der Waals surface area contributed by atoms with Crippen LogP contribution in [-0.4, -0.2) is 69.2 Å². The van der Waals surface area contributed by atoms with E-state index in [1.165, 1.54) is 17.8 Å². The molecule has 200 valence electrons. The number of azide groups is 1. The molecule has 0 radical (unpaired) electrons. The second-order valence-corrected chi connectivity index (χ2v) is 11.4. The summed E-state index contributed by atoms with van der Waals surface area (Å²) in [7, 11) is -16.7. The second kappa shape index (κ2) is 10.6. The van der Waals surface area contributed by atoms with Gasteiger partial charge in [-0.3, -0.25) is 9.09 Å². The van der Waals surface area contributed by atoms with Crippen molar-refractivity contribution in [3.8, 4) is 5.88 Å². The van der Waals surface area contributed by atoms with Crippen LogP contribution in [0.25, 0.3) is 21.6 Å². The molecule has 24 heteroatoms. The van der Waals surface area contributed by atoms with Crippen LogP contribution in [0.5, 0.6) is 5.88 Å². The minimum atomic E-state index is -5.70. The molecule has 1 aliphatic heterocycles. The Hall–Kier alpha value is -2.21. The predicted molar refractivity (Wildman–Crippen MR) is 113 cm³/mol. The van der Waals surface area contributed by atoms with E-state index in [-0.39, 0.29) is 29.4 Å². The highest BCUT2D eigenvalue weighted by Gasteiger charge is 2.43. The number of aliphatic hydroxyl groups excluding tert-OH is 1. The van der Waals surface area contributed by atoms with Crippen molar-refractivity contribution in [1.82, 2.24) is 19.5 Å². The van der Waals surface area contributed by atoms with E-state index in [0.717, 1.165) is 0 Å². The van der Waals surface area contributed by atoms with E-state index >= 15 is 0 Å². The maximum Gasteiger partial charge on any atom is 0.490 e. The molecule has 3 heterocycles. The van der Waals surface area contributed by atoms with Crippen molar-refractivity contribution in [3.63, 3.8) is 0 Å². The van der Waals surface area contributed by atoms with Crippen LogP contribution < -0.4 is 10.5 Å². The van der Waals surface area contributed by atoms with E-state index in [1.807, 2.05) is 0 Å². The third-order valence-corrected chi connectivity index (χ3v) is 8.04. The first kappa shape index (κ1) is 28.4. The average Bonchev–Trinajstić information content (AvgIpc) is 3.27. The molecule has 0 aliphatic carbocycles. The summed E-state index contributed by atoms with van der Waals surface area (Å²) < 4.78 is 58.0. The van der Waals surface area contributed by atoms with E-state index in [9.17, 15) is 28.6 Å². The Bertz CT molecular complexity index is 1310. The van der Waals surface area contributed by atoms with E-state index in [0.29, 0.717) is 0 Å². The molecule has 2 aromatic heterocycles. The highest BCUT2D eigenvalue weighted by atomic mass is 31.3. The number of fused-ring (bicyclic) bond motifs is 1. The van der Waals surface area contributed by atoms with Gasteiger partial charge in [0.25, 0.3) is 0 Å². The summed E-state index contributed by atoms with van der Waals surface area (Å²) in [5.74, 6) is -0.325. The lowest BCUT2D eigenvalue weighted by atomic mass is 10.2. The number of aliphatic hydroxyl groups is 1. The molecule has 0 saturated carbocycles. The monoisotopic (exact) mass is 576 g/mol. The van der Waals surface area contributed by atoms with Gasteiger partial charge in [0.2, 0.25) is 11.8 Å². The Labute approximate surface area is 199 Å². The van der Waals surface area contributed by atoms with Crippen molar-refractivity contribution in [2.24, 2.45) is 5.11 Å². The molecule has 1 aliphatic rings. The number of ether oxygens (including phenoxy) is 2. The molecule has 0 aromatic carbocycles. The quantitative estimate of drug-likeness (QED) is 0.0914. The molecule has 4 unspecified atom stereocenters. The Morgan fingerprint density at radius 1 is 1.28 bits per heavy atom. The van der Waals surface area contributed by atoms with E-state index in [4.69, 9.17) is 30.5 Å². The van der Waals surface area contributed by atoms with Gasteiger partial charge in [0, 0.05) is 11.3 Å². The van der Waals surface area contributed by atoms with Gasteiger partial charge in [-0.2, -0.15) is 18.6 Å². The third kappa shape index (κ3) is 7.41. The smallest absolute Gasteiger partial charge is 0.467 e. The molecular formula is C12H19N8O13P3. The first-order valence-corrected chi connectivity index (χ1v) is 13.9. The summed E-state index contributed by atoms with van der Waals surface area (Å²) in [6.45, 7) is 0.586. The third-order valence-electron chi connectivity index (χ3n) is 4.24. The lowest BCUT2D eigenvalue weighted by Gasteiger charge is -2.19. The minimum Gasteiger partial charge on any atom is -0.467 e. The maximum atomic E-state index is 11.9. The number of nitrogens with zero attached hydrogens (tertiary/aromatic N) is 7. The largest absolute Gasteiger partial charge is 0.490 e. The molecule has 0 spiro atoms. The van der Waals surface area contributed by atoms with E-state index in [2.05, 4.69) is 38.1 Å². The van der Waals surface area contributed by atoms with Gasteiger partial charge in [0.15, 0.2) is 17.4 Å². The zero-order chi connectivity index (χ0) is 26.9. The fourth-order valence-corrected chi connectivity index (χ4v) is 5.99. The predicted octanol–water partition coefficient (Wildman–Crippen LogP) is 0.435. The SMILES string of the molecule is CC(N=[N+]=[N-])Oc1nc(N)nc2c1ncn2[C@H]1CC(O)[C@@H](COP(=O)(O)OP(=O)(O)OP(=O)(O)O)O1. The molecular weight excluding hydrogens is 557 g/mol. The van der Waals surface area contributed by atoms with Gasteiger partial charge in [-0.25, -0.2) is 18.7 Å². The standard InChI is InChI=1S/C12H19N8O13P3/c1-5(18-19-14)30-11-9-10(16-12(13)17-11)20(4-15-9)8-2-6(21)7(31-8)3-29-35(25,26)33-36(27,28)32-34(22,23)24/h4-8,21H,2-3H2,1H3,(H,25,26)(H,27,28)(H2,13,16,17)(H2,22,23,24)/t5?,6?,7-,8-/m1/s1. The van der Waals surface area contributed by atoms with Crippen LogP contribution in [0, 0.1) is 0 Å². The fraction of sp³-hybridized carbons (Fsp3) is 0.583. The Balaban J connectivity index is 1.71. The first-order chi connectivity index (χ1) is 16.6. The van der Waals surface area contributed by atoms with Crippen molar-refractivity contribution < 1.29 is 61.0 Å². The van der Waals surface area contributed by atoms with Gasteiger partial charge >= 0.3 is 23.5 Å². The van der Waals surface area contributed by atoms with Gasteiger partial charge in [0.05, 0.1) is 19.0 Å². The van der Waals surface area contributed by atoms with Crippen molar-refractivity contribution in [3.05, 3.63) is 16.8 Å². The van der Waals surface area contributed by atoms with Crippen LogP contribution in [0.1, 0.15) is 19.6 Å². The zero-order valence-corrected chi connectivity index (χ0v) is 20.5. The Morgan fingerprint density at radius 2 is 1.97 bits per heavy atom. The Kier molecular flexibility index (Phi) is 8.39. The topological polar surface area (TPSA) is 317 Å².